The number of ether oxygens (including phenoxy) is 2. The molecule has 1 N–H and O–H groups in total. The highest BCUT2D eigenvalue weighted by molar-refractivity contribution is 7.92. The summed E-state index contributed by atoms with van der Waals surface area (Å²) in [6, 6.07) is 22.8. The molecule has 12 heteroatoms. The van der Waals surface area contributed by atoms with Gasteiger partial charge in [-0.05, 0) is 72.5 Å². The molecule has 47 heavy (non-hydrogen) atoms. The van der Waals surface area contributed by atoms with Gasteiger partial charge in [-0.25, -0.2) is 8.42 Å². The number of halogens is 2. The zero-order valence-electron chi connectivity index (χ0n) is 26.8. The van der Waals surface area contributed by atoms with E-state index in [2.05, 4.69) is 5.32 Å². The van der Waals surface area contributed by atoms with Crippen molar-refractivity contribution in [1.82, 2.24) is 10.2 Å². The van der Waals surface area contributed by atoms with Gasteiger partial charge in [-0.2, -0.15) is 0 Å². The molecule has 0 aliphatic carbocycles. The molecule has 4 aromatic rings. The van der Waals surface area contributed by atoms with E-state index >= 15 is 0 Å². The topological polar surface area (TPSA) is 105 Å². The zero-order chi connectivity index (χ0) is 34.3. The van der Waals surface area contributed by atoms with Crippen molar-refractivity contribution in [3.05, 3.63) is 117 Å². The van der Waals surface area contributed by atoms with Gasteiger partial charge in [0.1, 0.15) is 12.6 Å². The van der Waals surface area contributed by atoms with Crippen molar-refractivity contribution in [2.75, 3.05) is 32.1 Å². The Balaban J connectivity index is 1.85. The van der Waals surface area contributed by atoms with Gasteiger partial charge in [0.25, 0.3) is 10.0 Å². The Hall–Kier alpha value is -4.25. The highest BCUT2D eigenvalue weighted by Gasteiger charge is 2.35. The minimum absolute atomic E-state index is 0.0439. The molecule has 248 valence electrons. The first-order valence-corrected chi connectivity index (χ1v) is 16.9. The van der Waals surface area contributed by atoms with Gasteiger partial charge >= 0.3 is 0 Å². The lowest BCUT2D eigenvalue weighted by Gasteiger charge is -2.34. The fraction of sp³-hybridized carbons (Fsp3) is 0.257. The van der Waals surface area contributed by atoms with E-state index in [4.69, 9.17) is 32.7 Å². The molecule has 0 fully saturated rings. The standard InChI is InChI=1S/C35H37Cl2N3O6S/c1-23-15-24(2)17-27(16-23)40(47(43,44)28-12-14-32(45-4)33(20-28)46-5)22-34(41)39(21-26-11-13-29(36)30(37)18-26)31(35(42)38-3)19-25-9-7-6-8-10-25/h6-18,20,31H,19,21-22H2,1-5H3,(H,38,42)/t31-/m0/s1. The summed E-state index contributed by atoms with van der Waals surface area (Å²) in [5, 5.41) is 3.29. The van der Waals surface area contributed by atoms with Crippen LogP contribution in [-0.2, 0) is 32.6 Å². The van der Waals surface area contributed by atoms with E-state index in [1.54, 1.807) is 30.3 Å². The lowest BCUT2D eigenvalue weighted by molar-refractivity contribution is -0.139. The number of carbonyl (C=O) groups is 2. The van der Waals surface area contributed by atoms with Crippen molar-refractivity contribution in [3.8, 4) is 11.5 Å². The number of methoxy groups -OCH3 is 2. The predicted octanol–water partition coefficient (Wildman–Crippen LogP) is 6.21. The average molecular weight is 699 g/mol. The quantitative estimate of drug-likeness (QED) is 0.178. The van der Waals surface area contributed by atoms with Gasteiger partial charge in [0.2, 0.25) is 11.8 Å². The molecule has 0 spiro atoms. The number of hydrogen-bond donors (Lipinski definition) is 1. The number of sulfonamides is 1. The van der Waals surface area contributed by atoms with E-state index in [-0.39, 0.29) is 28.6 Å². The Bertz CT molecular complexity index is 1830. The molecule has 0 unspecified atom stereocenters. The summed E-state index contributed by atoms with van der Waals surface area (Å²) >= 11 is 12.5. The van der Waals surface area contributed by atoms with Crippen molar-refractivity contribution in [3.63, 3.8) is 0 Å². The summed E-state index contributed by atoms with van der Waals surface area (Å²) in [5.41, 5.74) is 3.33. The number of anilines is 1. The van der Waals surface area contributed by atoms with Crippen LogP contribution in [0.2, 0.25) is 10.0 Å². The third kappa shape index (κ3) is 8.57. The normalized spacial score (nSPS) is 11.8. The van der Waals surface area contributed by atoms with E-state index in [1.165, 1.54) is 44.4 Å². The van der Waals surface area contributed by atoms with Crippen LogP contribution in [0.3, 0.4) is 0 Å². The fourth-order valence-electron chi connectivity index (χ4n) is 5.28. The SMILES string of the molecule is CNC(=O)[C@H](Cc1ccccc1)N(Cc1ccc(Cl)c(Cl)c1)C(=O)CN(c1cc(C)cc(C)c1)S(=O)(=O)c1ccc(OC)c(OC)c1. The molecule has 0 heterocycles. The number of amides is 2. The Kier molecular flexibility index (Phi) is 11.8. The van der Waals surface area contributed by atoms with Gasteiger partial charge in [0.05, 0.1) is 34.8 Å². The fourth-order valence-corrected chi connectivity index (χ4v) is 7.02. The average Bonchev–Trinajstić information content (AvgIpc) is 3.05. The number of nitrogens with zero attached hydrogens (tertiary/aromatic N) is 2. The minimum atomic E-state index is -4.36. The van der Waals surface area contributed by atoms with Crippen LogP contribution in [0.25, 0.3) is 0 Å². The first-order chi connectivity index (χ1) is 22.4. The molecule has 9 nitrogen and oxygen atoms in total. The van der Waals surface area contributed by atoms with E-state index in [0.29, 0.717) is 22.0 Å². The van der Waals surface area contributed by atoms with Crippen LogP contribution in [0.1, 0.15) is 22.3 Å². The molecular formula is C35H37Cl2N3O6S. The van der Waals surface area contributed by atoms with Crippen molar-refractivity contribution >= 4 is 50.7 Å². The van der Waals surface area contributed by atoms with E-state index < -0.39 is 34.4 Å². The second-order valence-corrected chi connectivity index (χ2v) is 13.6. The first-order valence-electron chi connectivity index (χ1n) is 14.7. The second kappa shape index (κ2) is 15.6. The van der Waals surface area contributed by atoms with Crippen LogP contribution < -0.4 is 19.1 Å². The molecule has 0 aliphatic rings. The maximum absolute atomic E-state index is 14.5. The van der Waals surface area contributed by atoms with Crippen LogP contribution >= 0.6 is 23.2 Å². The maximum Gasteiger partial charge on any atom is 0.264 e. The highest BCUT2D eigenvalue weighted by atomic mass is 35.5. The van der Waals surface area contributed by atoms with Crippen molar-refractivity contribution in [2.45, 2.75) is 37.8 Å². The summed E-state index contributed by atoms with van der Waals surface area (Å²) in [7, 11) is -0.00624. The van der Waals surface area contributed by atoms with Crippen LogP contribution in [0, 0.1) is 13.8 Å². The second-order valence-electron chi connectivity index (χ2n) is 11.0. The maximum atomic E-state index is 14.5. The van der Waals surface area contributed by atoms with Gasteiger partial charge in [0.15, 0.2) is 11.5 Å². The number of nitrogens with one attached hydrogen (secondary N) is 1. The Morgan fingerprint density at radius 1 is 0.809 bits per heavy atom. The number of rotatable bonds is 13. The van der Waals surface area contributed by atoms with Crippen LogP contribution in [0.5, 0.6) is 11.5 Å². The number of hydrogen-bond acceptors (Lipinski definition) is 6. The summed E-state index contributed by atoms with van der Waals surface area (Å²) in [6.45, 7) is 3.04. The number of benzene rings is 4. The third-order valence-electron chi connectivity index (χ3n) is 7.57. The molecule has 4 aromatic carbocycles. The first kappa shape index (κ1) is 35.6. The largest absolute Gasteiger partial charge is 0.493 e. The molecule has 2 amide bonds. The molecule has 0 radical (unpaired) electrons. The van der Waals surface area contributed by atoms with Crippen LogP contribution in [0.15, 0.2) is 89.8 Å². The number of likely N-dealkylation sites (N-methyl/N-ethyl adjacent to an activating group) is 1. The highest BCUT2D eigenvalue weighted by Crippen LogP contribution is 2.33. The molecule has 0 saturated carbocycles. The van der Waals surface area contributed by atoms with Gasteiger partial charge in [-0.3, -0.25) is 13.9 Å². The van der Waals surface area contributed by atoms with Gasteiger partial charge in [-0.1, -0.05) is 65.7 Å². The summed E-state index contributed by atoms with van der Waals surface area (Å²) < 4.78 is 40.6. The van der Waals surface area contributed by atoms with E-state index in [1.807, 2.05) is 50.2 Å². The predicted molar refractivity (Wildman–Crippen MR) is 185 cm³/mol. The Morgan fingerprint density at radius 2 is 1.47 bits per heavy atom. The number of aryl methyl sites for hydroxylation is 2. The van der Waals surface area contributed by atoms with Crippen molar-refractivity contribution in [2.24, 2.45) is 0 Å². The molecule has 0 saturated heterocycles. The molecule has 0 bridgehead atoms. The lowest BCUT2D eigenvalue weighted by atomic mass is 10.0. The molecule has 0 aromatic heterocycles. The van der Waals surface area contributed by atoms with E-state index in [9.17, 15) is 18.0 Å². The summed E-state index contributed by atoms with van der Waals surface area (Å²) in [5.74, 6) is -0.460. The molecule has 1 atom stereocenters. The number of carbonyl (C=O) groups excluding carboxylic acids is 2. The monoisotopic (exact) mass is 697 g/mol. The lowest BCUT2D eigenvalue weighted by Crippen LogP contribution is -2.53. The van der Waals surface area contributed by atoms with Gasteiger partial charge < -0.3 is 19.7 Å². The third-order valence-corrected chi connectivity index (χ3v) is 10.1. The smallest absolute Gasteiger partial charge is 0.264 e. The zero-order valence-corrected chi connectivity index (χ0v) is 29.1. The Morgan fingerprint density at radius 3 is 2.06 bits per heavy atom. The van der Waals surface area contributed by atoms with Crippen molar-refractivity contribution < 1.29 is 27.5 Å². The molecule has 4 rings (SSSR count). The van der Waals surface area contributed by atoms with Crippen LogP contribution in [0.4, 0.5) is 5.69 Å². The van der Waals surface area contributed by atoms with Gasteiger partial charge in [-0.15, -0.1) is 0 Å². The molecular weight excluding hydrogens is 661 g/mol. The van der Waals surface area contributed by atoms with Crippen LogP contribution in [-0.4, -0.2) is 59.0 Å². The summed E-state index contributed by atoms with van der Waals surface area (Å²) in [6.07, 6.45) is 0.180. The molecule has 0 aliphatic heterocycles. The van der Waals surface area contributed by atoms with E-state index in [0.717, 1.165) is 21.0 Å². The minimum Gasteiger partial charge on any atom is -0.493 e. The van der Waals surface area contributed by atoms with Gasteiger partial charge in [0, 0.05) is 26.1 Å². The summed E-state index contributed by atoms with van der Waals surface area (Å²) in [4.78, 5) is 29.3. The Labute approximate surface area is 286 Å². The van der Waals surface area contributed by atoms with Crippen molar-refractivity contribution in [1.29, 1.82) is 0 Å².